The smallest absolute Gasteiger partial charge is 0.251 e. The highest BCUT2D eigenvalue weighted by atomic mass is 16.1. The largest absolute Gasteiger partial charge is 0.310 e. The van der Waals surface area contributed by atoms with E-state index in [0.29, 0.717) is 12.1 Å². The molecule has 1 heterocycles. The third-order valence-electron chi connectivity index (χ3n) is 2.65. The van der Waals surface area contributed by atoms with Crippen molar-refractivity contribution in [1.29, 1.82) is 5.26 Å². The summed E-state index contributed by atoms with van der Waals surface area (Å²) in [6.07, 6.45) is 1.62. The normalized spacial score (nSPS) is 9.88. The molecule has 0 aliphatic rings. The van der Waals surface area contributed by atoms with Gasteiger partial charge in [-0.25, -0.2) is 0 Å². The van der Waals surface area contributed by atoms with Gasteiger partial charge in [-0.3, -0.25) is 4.79 Å². The Balaban J connectivity index is 2.41. The second kappa shape index (κ2) is 4.67. The second-order valence-corrected chi connectivity index (χ2v) is 3.93. The molecule has 0 saturated carbocycles. The molecular formula is C14H12N2O. The van der Waals surface area contributed by atoms with Gasteiger partial charge in [-0.15, -0.1) is 0 Å². The molecule has 1 aromatic carbocycles. The first-order valence-electron chi connectivity index (χ1n) is 5.36. The van der Waals surface area contributed by atoms with Crippen LogP contribution in [0.2, 0.25) is 0 Å². The SMILES string of the molecule is Cc1cc(=O)n(Cc2ccccc2)cc1C#N. The molecule has 0 fully saturated rings. The number of hydrogen-bond donors (Lipinski definition) is 0. The minimum atomic E-state index is -0.0784. The first kappa shape index (κ1) is 11.2. The molecule has 17 heavy (non-hydrogen) atoms. The van der Waals surface area contributed by atoms with Gasteiger partial charge in [0.05, 0.1) is 12.1 Å². The van der Waals surface area contributed by atoms with Crippen molar-refractivity contribution >= 4 is 0 Å². The Morgan fingerprint density at radius 3 is 2.65 bits per heavy atom. The fourth-order valence-electron chi connectivity index (χ4n) is 1.69. The molecule has 0 saturated heterocycles. The number of benzene rings is 1. The molecule has 84 valence electrons. The topological polar surface area (TPSA) is 45.8 Å². The number of hydrogen-bond acceptors (Lipinski definition) is 2. The fraction of sp³-hybridized carbons (Fsp3) is 0.143. The number of nitriles is 1. The molecule has 0 N–H and O–H groups in total. The third-order valence-corrected chi connectivity index (χ3v) is 2.65. The van der Waals surface area contributed by atoms with E-state index in [1.165, 1.54) is 6.07 Å². The zero-order valence-corrected chi connectivity index (χ0v) is 9.55. The van der Waals surface area contributed by atoms with Crippen LogP contribution in [0.5, 0.6) is 0 Å². The van der Waals surface area contributed by atoms with Crippen LogP contribution in [0.1, 0.15) is 16.7 Å². The molecule has 3 heteroatoms. The number of nitrogens with zero attached hydrogens (tertiary/aromatic N) is 2. The summed E-state index contributed by atoms with van der Waals surface area (Å²) >= 11 is 0. The minimum absolute atomic E-state index is 0.0784. The Labute approximate surface area is 99.6 Å². The average Bonchev–Trinajstić information content (AvgIpc) is 2.34. The van der Waals surface area contributed by atoms with Gasteiger partial charge in [-0.05, 0) is 18.1 Å². The molecule has 0 aliphatic heterocycles. The monoisotopic (exact) mass is 224 g/mol. The number of aryl methyl sites for hydroxylation is 1. The zero-order valence-electron chi connectivity index (χ0n) is 9.55. The Morgan fingerprint density at radius 2 is 2.00 bits per heavy atom. The van der Waals surface area contributed by atoms with Crippen LogP contribution in [0.3, 0.4) is 0 Å². The van der Waals surface area contributed by atoms with Crippen LogP contribution < -0.4 is 5.56 Å². The standard InChI is InChI=1S/C14H12N2O/c1-11-7-14(17)16(10-13(11)8-15)9-12-5-3-2-4-6-12/h2-7,10H,9H2,1H3. The Morgan fingerprint density at radius 1 is 1.29 bits per heavy atom. The van der Waals surface area contributed by atoms with Gasteiger partial charge in [-0.1, -0.05) is 30.3 Å². The first-order chi connectivity index (χ1) is 8.20. The van der Waals surface area contributed by atoms with Gasteiger partial charge in [0.25, 0.3) is 5.56 Å². The molecule has 0 aliphatic carbocycles. The number of aromatic nitrogens is 1. The van der Waals surface area contributed by atoms with Crippen LogP contribution >= 0.6 is 0 Å². The second-order valence-electron chi connectivity index (χ2n) is 3.93. The van der Waals surface area contributed by atoms with Crippen LogP contribution in [0.25, 0.3) is 0 Å². The van der Waals surface area contributed by atoms with Gasteiger partial charge in [0, 0.05) is 12.3 Å². The summed E-state index contributed by atoms with van der Waals surface area (Å²) < 4.78 is 1.56. The molecule has 0 bridgehead atoms. The maximum atomic E-state index is 11.8. The number of pyridine rings is 1. The van der Waals surface area contributed by atoms with Crippen molar-refractivity contribution in [1.82, 2.24) is 4.57 Å². The maximum absolute atomic E-state index is 11.8. The lowest BCUT2D eigenvalue weighted by Crippen LogP contribution is -2.20. The van der Waals surface area contributed by atoms with E-state index in [4.69, 9.17) is 5.26 Å². The highest BCUT2D eigenvalue weighted by Crippen LogP contribution is 2.05. The summed E-state index contributed by atoms with van der Waals surface area (Å²) in [5, 5.41) is 8.93. The third kappa shape index (κ3) is 2.43. The molecule has 0 spiro atoms. The van der Waals surface area contributed by atoms with Gasteiger partial charge in [0.1, 0.15) is 6.07 Å². The van der Waals surface area contributed by atoms with E-state index in [0.717, 1.165) is 11.1 Å². The van der Waals surface area contributed by atoms with Gasteiger partial charge in [0.2, 0.25) is 0 Å². The Bertz CT molecular complexity index is 621. The van der Waals surface area contributed by atoms with E-state index in [2.05, 4.69) is 6.07 Å². The van der Waals surface area contributed by atoms with Crippen molar-refractivity contribution in [2.24, 2.45) is 0 Å². The van der Waals surface area contributed by atoms with Gasteiger partial charge < -0.3 is 4.57 Å². The first-order valence-corrected chi connectivity index (χ1v) is 5.36. The summed E-state index contributed by atoms with van der Waals surface area (Å²) in [7, 11) is 0. The number of rotatable bonds is 2. The van der Waals surface area contributed by atoms with E-state index in [9.17, 15) is 4.79 Å². The lowest BCUT2D eigenvalue weighted by molar-refractivity contribution is 0.755. The molecule has 0 radical (unpaired) electrons. The van der Waals surface area contributed by atoms with Crippen molar-refractivity contribution in [3.8, 4) is 6.07 Å². The highest BCUT2D eigenvalue weighted by molar-refractivity contribution is 5.34. The van der Waals surface area contributed by atoms with Crippen LogP contribution in [-0.4, -0.2) is 4.57 Å². The zero-order chi connectivity index (χ0) is 12.3. The quantitative estimate of drug-likeness (QED) is 0.784. The lowest BCUT2D eigenvalue weighted by atomic mass is 10.1. The molecule has 0 atom stereocenters. The molecule has 0 amide bonds. The Kier molecular flexibility index (Phi) is 3.06. The van der Waals surface area contributed by atoms with Crippen LogP contribution in [-0.2, 0) is 6.54 Å². The summed E-state index contributed by atoms with van der Waals surface area (Å²) in [5.74, 6) is 0. The van der Waals surface area contributed by atoms with E-state index < -0.39 is 0 Å². The Hall–Kier alpha value is -2.34. The molecule has 2 aromatic rings. The molecule has 0 unspecified atom stereocenters. The van der Waals surface area contributed by atoms with Crippen LogP contribution in [0, 0.1) is 18.3 Å². The predicted octanol–water partition coefficient (Wildman–Crippen LogP) is 2.08. The van der Waals surface area contributed by atoms with Crippen molar-refractivity contribution < 1.29 is 0 Å². The highest BCUT2D eigenvalue weighted by Gasteiger charge is 2.03. The maximum Gasteiger partial charge on any atom is 0.251 e. The fourth-order valence-corrected chi connectivity index (χ4v) is 1.69. The van der Waals surface area contributed by atoms with Crippen LogP contribution in [0.15, 0.2) is 47.4 Å². The van der Waals surface area contributed by atoms with E-state index in [1.54, 1.807) is 17.7 Å². The molecular weight excluding hydrogens is 212 g/mol. The van der Waals surface area contributed by atoms with Gasteiger partial charge in [-0.2, -0.15) is 5.26 Å². The van der Waals surface area contributed by atoms with Crippen molar-refractivity contribution in [3.05, 3.63) is 69.6 Å². The van der Waals surface area contributed by atoms with Gasteiger partial charge in [0.15, 0.2) is 0 Å². The predicted molar refractivity (Wildman–Crippen MR) is 65.7 cm³/mol. The van der Waals surface area contributed by atoms with Gasteiger partial charge >= 0.3 is 0 Å². The van der Waals surface area contributed by atoms with E-state index in [-0.39, 0.29) is 5.56 Å². The minimum Gasteiger partial charge on any atom is -0.310 e. The van der Waals surface area contributed by atoms with Crippen molar-refractivity contribution in [2.75, 3.05) is 0 Å². The summed E-state index contributed by atoms with van der Waals surface area (Å²) in [6, 6.07) is 13.3. The van der Waals surface area contributed by atoms with Crippen molar-refractivity contribution in [3.63, 3.8) is 0 Å². The molecule has 2 rings (SSSR count). The van der Waals surface area contributed by atoms with E-state index >= 15 is 0 Å². The summed E-state index contributed by atoms with van der Waals surface area (Å²) in [6.45, 7) is 2.27. The molecule has 3 nitrogen and oxygen atoms in total. The average molecular weight is 224 g/mol. The molecule has 1 aromatic heterocycles. The van der Waals surface area contributed by atoms with Crippen molar-refractivity contribution in [2.45, 2.75) is 13.5 Å². The summed E-state index contributed by atoms with van der Waals surface area (Å²) in [5.41, 5.74) is 2.23. The summed E-state index contributed by atoms with van der Waals surface area (Å²) in [4.78, 5) is 11.8. The van der Waals surface area contributed by atoms with E-state index in [1.807, 2.05) is 30.3 Å². The lowest BCUT2D eigenvalue weighted by Gasteiger charge is -2.07. The van der Waals surface area contributed by atoms with Crippen LogP contribution in [0.4, 0.5) is 0 Å².